The van der Waals surface area contributed by atoms with Gasteiger partial charge in [-0.1, -0.05) is 11.6 Å². The molecule has 2 heterocycles. The Kier molecular flexibility index (Phi) is 4.79. The van der Waals surface area contributed by atoms with Gasteiger partial charge in [-0.2, -0.15) is 0 Å². The van der Waals surface area contributed by atoms with Gasteiger partial charge < -0.3 is 16.0 Å². The first-order chi connectivity index (χ1) is 9.99. The van der Waals surface area contributed by atoms with E-state index in [0.717, 1.165) is 19.3 Å². The molecular weight excluding hydrogens is 298 g/mol. The molecule has 0 unspecified atom stereocenters. The Labute approximate surface area is 126 Å². The van der Waals surface area contributed by atoms with E-state index in [9.17, 15) is 14.9 Å². The van der Waals surface area contributed by atoms with Gasteiger partial charge in [-0.05, 0) is 19.3 Å². The smallest absolute Gasteiger partial charge is 0.313 e. The second kappa shape index (κ2) is 6.57. The highest BCUT2D eigenvalue weighted by atomic mass is 35.5. The van der Waals surface area contributed by atoms with E-state index in [1.54, 1.807) is 0 Å². The van der Waals surface area contributed by atoms with E-state index in [2.05, 4.69) is 10.3 Å². The lowest BCUT2D eigenvalue weighted by Gasteiger charge is -2.36. The van der Waals surface area contributed by atoms with Crippen LogP contribution in [0.1, 0.15) is 19.3 Å². The van der Waals surface area contributed by atoms with Crippen LogP contribution in [0.25, 0.3) is 0 Å². The van der Waals surface area contributed by atoms with Gasteiger partial charge in [0.25, 0.3) is 0 Å². The first kappa shape index (κ1) is 15.3. The second-order valence-electron chi connectivity index (χ2n) is 4.84. The molecule has 2 amide bonds. The number of rotatable bonds is 4. The number of nitrogens with two attached hydrogens (primary N) is 1. The van der Waals surface area contributed by atoms with Crippen molar-refractivity contribution in [3.05, 3.63) is 27.4 Å². The summed E-state index contributed by atoms with van der Waals surface area (Å²) in [5.41, 5.74) is 4.95. The van der Waals surface area contributed by atoms with Crippen molar-refractivity contribution in [2.75, 3.05) is 18.0 Å². The lowest BCUT2D eigenvalue weighted by atomic mass is 10.0. The molecule has 1 aromatic rings. The summed E-state index contributed by atoms with van der Waals surface area (Å²) < 4.78 is 0. The quantitative estimate of drug-likeness (QED) is 0.648. The van der Waals surface area contributed by atoms with E-state index in [-0.39, 0.29) is 22.6 Å². The Morgan fingerprint density at radius 3 is 3.05 bits per heavy atom. The molecule has 0 aliphatic carbocycles. The van der Waals surface area contributed by atoms with E-state index < -0.39 is 11.0 Å². The second-order valence-corrected chi connectivity index (χ2v) is 5.28. The van der Waals surface area contributed by atoms with E-state index in [4.69, 9.17) is 17.3 Å². The Bertz CT molecular complexity index is 554. The molecule has 9 heteroatoms. The molecule has 114 valence electrons. The molecule has 1 aromatic heterocycles. The van der Waals surface area contributed by atoms with Gasteiger partial charge in [0.2, 0.25) is 5.82 Å². The fraction of sp³-hybridized carbons (Fsp3) is 0.500. The van der Waals surface area contributed by atoms with Crippen molar-refractivity contribution in [1.29, 1.82) is 0 Å². The summed E-state index contributed by atoms with van der Waals surface area (Å²) in [4.78, 5) is 27.5. The summed E-state index contributed by atoms with van der Waals surface area (Å²) in [5.74, 6) is 0.278. The lowest BCUT2D eigenvalue weighted by Crippen LogP contribution is -2.48. The maximum atomic E-state index is 11.2. The third kappa shape index (κ3) is 3.72. The molecule has 0 spiro atoms. The maximum Gasteiger partial charge on any atom is 0.313 e. The van der Waals surface area contributed by atoms with E-state index in [1.165, 1.54) is 12.3 Å². The van der Waals surface area contributed by atoms with Gasteiger partial charge in [0.1, 0.15) is 0 Å². The zero-order valence-corrected chi connectivity index (χ0v) is 12.0. The Morgan fingerprint density at radius 1 is 1.62 bits per heavy atom. The van der Waals surface area contributed by atoms with Crippen LogP contribution >= 0.6 is 11.6 Å². The van der Waals surface area contributed by atoms with Crippen molar-refractivity contribution in [3.63, 3.8) is 0 Å². The number of halogens is 1. The number of urea groups is 1. The molecule has 0 saturated carbocycles. The molecule has 0 bridgehead atoms. The van der Waals surface area contributed by atoms with E-state index in [0.29, 0.717) is 13.1 Å². The summed E-state index contributed by atoms with van der Waals surface area (Å²) >= 11 is 5.78. The molecule has 1 atom stereocenters. The van der Waals surface area contributed by atoms with Gasteiger partial charge in [0.05, 0.1) is 9.95 Å². The highest BCUT2D eigenvalue weighted by Gasteiger charge is 2.29. The number of hydrogen-bond donors (Lipinski definition) is 2. The number of aromatic nitrogens is 1. The van der Waals surface area contributed by atoms with Gasteiger partial charge >= 0.3 is 11.7 Å². The fourth-order valence-electron chi connectivity index (χ4n) is 2.49. The van der Waals surface area contributed by atoms with Crippen LogP contribution in [-0.2, 0) is 0 Å². The third-order valence-electron chi connectivity index (χ3n) is 3.42. The van der Waals surface area contributed by atoms with Crippen molar-refractivity contribution in [3.8, 4) is 0 Å². The number of amides is 2. The number of nitrogens with one attached hydrogen (secondary N) is 1. The number of piperidine rings is 1. The first-order valence-corrected chi connectivity index (χ1v) is 6.96. The van der Waals surface area contributed by atoms with Crippen molar-refractivity contribution < 1.29 is 9.72 Å². The van der Waals surface area contributed by atoms with Crippen molar-refractivity contribution in [1.82, 2.24) is 10.3 Å². The number of hydrogen-bond acceptors (Lipinski definition) is 5. The summed E-state index contributed by atoms with van der Waals surface area (Å²) in [6, 6.07) is 0.606. The Hall–Kier alpha value is -2.09. The van der Waals surface area contributed by atoms with Crippen LogP contribution in [0.2, 0.25) is 5.02 Å². The number of pyridine rings is 1. The molecular formula is C12H16ClN5O3. The average Bonchev–Trinajstić information content (AvgIpc) is 2.45. The number of nitrogens with zero attached hydrogens (tertiary/aromatic N) is 3. The van der Waals surface area contributed by atoms with Crippen molar-refractivity contribution >= 4 is 29.1 Å². The molecule has 8 nitrogen and oxygen atoms in total. The molecule has 3 N–H and O–H groups in total. The van der Waals surface area contributed by atoms with Gasteiger partial charge in [-0.25, -0.2) is 9.78 Å². The SMILES string of the molecule is NC(=O)NC[C@H]1CCCCN1c1ncc(Cl)cc1[N+](=O)[O-]. The number of nitro groups is 1. The molecule has 21 heavy (non-hydrogen) atoms. The molecule has 1 fully saturated rings. The molecule has 0 aromatic carbocycles. The summed E-state index contributed by atoms with van der Waals surface area (Å²) in [7, 11) is 0. The third-order valence-corrected chi connectivity index (χ3v) is 3.63. The number of carbonyl (C=O) groups is 1. The van der Waals surface area contributed by atoms with Crippen LogP contribution in [0, 0.1) is 10.1 Å². The summed E-state index contributed by atoms with van der Waals surface area (Å²) in [6.45, 7) is 0.970. The standard InChI is InChI=1S/C12H16ClN5O3/c13-8-5-10(18(20)21)11(15-6-8)17-4-2-1-3-9(17)7-16-12(14)19/h5-6,9H,1-4,7H2,(H3,14,16,19)/t9-/m1/s1. The first-order valence-electron chi connectivity index (χ1n) is 6.59. The number of anilines is 1. The van der Waals surface area contributed by atoms with Crippen LogP contribution in [0.3, 0.4) is 0 Å². The molecule has 2 rings (SSSR count). The summed E-state index contributed by atoms with van der Waals surface area (Å²) in [6.07, 6.45) is 4.09. The minimum atomic E-state index is -0.612. The predicted molar refractivity (Wildman–Crippen MR) is 78.5 cm³/mol. The van der Waals surface area contributed by atoms with Crippen LogP contribution in [0.5, 0.6) is 0 Å². The lowest BCUT2D eigenvalue weighted by molar-refractivity contribution is -0.384. The average molecular weight is 314 g/mol. The number of primary amides is 1. The van der Waals surface area contributed by atoms with Gasteiger partial charge in [0.15, 0.2) is 0 Å². The minimum absolute atomic E-state index is 0.0707. The molecule has 1 aliphatic rings. The molecule has 0 radical (unpaired) electrons. The highest BCUT2D eigenvalue weighted by molar-refractivity contribution is 6.30. The monoisotopic (exact) mass is 313 g/mol. The zero-order valence-electron chi connectivity index (χ0n) is 11.3. The summed E-state index contributed by atoms with van der Waals surface area (Å²) in [5, 5.41) is 13.9. The van der Waals surface area contributed by atoms with Gasteiger partial charge in [-0.3, -0.25) is 10.1 Å². The predicted octanol–water partition coefficient (Wildman–Crippen LogP) is 1.67. The molecule has 1 aliphatic heterocycles. The van der Waals surface area contributed by atoms with Gasteiger partial charge in [0, 0.05) is 31.4 Å². The highest BCUT2D eigenvalue weighted by Crippen LogP contribution is 2.32. The van der Waals surface area contributed by atoms with Gasteiger partial charge in [-0.15, -0.1) is 0 Å². The Morgan fingerprint density at radius 2 is 2.38 bits per heavy atom. The fourth-order valence-corrected chi connectivity index (χ4v) is 2.64. The van der Waals surface area contributed by atoms with Crippen molar-refractivity contribution in [2.24, 2.45) is 5.73 Å². The zero-order chi connectivity index (χ0) is 15.4. The van der Waals surface area contributed by atoms with E-state index >= 15 is 0 Å². The van der Waals surface area contributed by atoms with Crippen molar-refractivity contribution in [2.45, 2.75) is 25.3 Å². The van der Waals surface area contributed by atoms with Crippen LogP contribution in [-0.4, -0.2) is 35.1 Å². The maximum absolute atomic E-state index is 11.2. The number of carbonyl (C=O) groups excluding carboxylic acids is 1. The van der Waals surface area contributed by atoms with Crippen LogP contribution in [0.15, 0.2) is 12.3 Å². The Balaban J connectivity index is 2.28. The normalized spacial score (nSPS) is 18.3. The largest absolute Gasteiger partial charge is 0.352 e. The van der Waals surface area contributed by atoms with E-state index in [1.807, 2.05) is 4.90 Å². The topological polar surface area (TPSA) is 114 Å². The molecule has 1 saturated heterocycles. The van der Waals surface area contributed by atoms with Crippen LogP contribution in [0.4, 0.5) is 16.3 Å². The minimum Gasteiger partial charge on any atom is -0.352 e. The van der Waals surface area contributed by atoms with Crippen LogP contribution < -0.4 is 16.0 Å².